The van der Waals surface area contributed by atoms with Crippen LogP contribution in [0.3, 0.4) is 0 Å². The first kappa shape index (κ1) is 19.6. The maximum atomic E-state index is 12.1. The number of aryl methyl sites for hydroxylation is 2. The number of carbonyl (C=O) groups excluding carboxylic acids is 1. The molecule has 0 atom stereocenters. The summed E-state index contributed by atoms with van der Waals surface area (Å²) in [7, 11) is 0. The van der Waals surface area contributed by atoms with Gasteiger partial charge >= 0.3 is 0 Å². The van der Waals surface area contributed by atoms with Crippen LogP contribution in [0.25, 0.3) is 0 Å². The van der Waals surface area contributed by atoms with E-state index in [1.807, 2.05) is 31.2 Å². The molecule has 0 aliphatic rings. The molecule has 28 heavy (non-hydrogen) atoms. The predicted molar refractivity (Wildman–Crippen MR) is 105 cm³/mol. The third kappa shape index (κ3) is 5.17. The minimum atomic E-state index is -0.523. The third-order valence-electron chi connectivity index (χ3n) is 3.88. The van der Waals surface area contributed by atoms with Crippen LogP contribution >= 0.6 is 11.8 Å². The highest BCUT2D eigenvalue weighted by Gasteiger charge is 2.17. The van der Waals surface area contributed by atoms with Gasteiger partial charge in [0.2, 0.25) is 11.8 Å². The molecule has 0 unspecified atom stereocenters. The molecule has 1 N–H and O–H groups in total. The molecule has 2 aromatic carbocycles. The van der Waals surface area contributed by atoms with Gasteiger partial charge in [0.1, 0.15) is 5.69 Å². The van der Waals surface area contributed by atoms with E-state index in [0.29, 0.717) is 12.3 Å². The number of amides is 1. The summed E-state index contributed by atoms with van der Waals surface area (Å²) in [5.74, 6) is 0.0631. The van der Waals surface area contributed by atoms with E-state index in [-0.39, 0.29) is 22.4 Å². The monoisotopic (exact) mass is 398 g/mol. The average Bonchev–Trinajstić information content (AvgIpc) is 3.10. The van der Waals surface area contributed by atoms with Crippen molar-refractivity contribution in [3.63, 3.8) is 0 Å². The number of nitro benzene ring substituents is 1. The van der Waals surface area contributed by atoms with Crippen LogP contribution in [0.1, 0.15) is 22.6 Å². The van der Waals surface area contributed by atoms with E-state index in [9.17, 15) is 14.9 Å². The number of nitrogens with zero attached hydrogens (tertiary/aromatic N) is 3. The molecule has 0 aliphatic carbocycles. The van der Waals surface area contributed by atoms with Crippen LogP contribution in [0.2, 0.25) is 0 Å². The van der Waals surface area contributed by atoms with Gasteiger partial charge in [-0.2, -0.15) is 0 Å². The number of aromatic nitrogens is 2. The second-order valence-corrected chi connectivity index (χ2v) is 7.17. The summed E-state index contributed by atoms with van der Waals surface area (Å²) in [6.07, 6.45) is 0.510. The van der Waals surface area contributed by atoms with E-state index in [1.54, 1.807) is 13.0 Å². The predicted octanol–water partition coefficient (Wildman–Crippen LogP) is 3.92. The molecule has 0 bridgehead atoms. The first-order valence-electron chi connectivity index (χ1n) is 8.46. The number of nitro groups is 1. The summed E-state index contributed by atoms with van der Waals surface area (Å²) in [4.78, 5) is 22.7. The number of anilines is 1. The standard InChI is InChI=1S/C19H18N4O4S/c1-12-3-6-14(7-4-12)10-18-21-22-19(27-18)28-11-17(24)20-15-8-5-13(2)9-16(15)23(25)26/h3-9H,10-11H2,1-2H3,(H,20,24). The van der Waals surface area contributed by atoms with Crippen molar-refractivity contribution in [1.29, 1.82) is 0 Å². The fraction of sp³-hybridized carbons (Fsp3) is 0.211. The Morgan fingerprint density at radius 1 is 1.14 bits per heavy atom. The van der Waals surface area contributed by atoms with Crippen molar-refractivity contribution in [2.45, 2.75) is 25.5 Å². The first-order chi connectivity index (χ1) is 13.4. The van der Waals surface area contributed by atoms with Gasteiger partial charge in [0, 0.05) is 6.07 Å². The lowest BCUT2D eigenvalue weighted by Crippen LogP contribution is -2.15. The highest BCUT2D eigenvalue weighted by atomic mass is 32.2. The maximum Gasteiger partial charge on any atom is 0.293 e. The molecule has 144 valence electrons. The maximum absolute atomic E-state index is 12.1. The fourth-order valence-electron chi connectivity index (χ4n) is 2.46. The molecule has 0 aliphatic heterocycles. The van der Waals surface area contributed by atoms with Gasteiger partial charge in [0.15, 0.2) is 0 Å². The molecule has 9 heteroatoms. The summed E-state index contributed by atoms with van der Waals surface area (Å²) < 4.78 is 5.55. The Bertz CT molecular complexity index is 1000. The van der Waals surface area contributed by atoms with E-state index >= 15 is 0 Å². The molecule has 3 aromatic rings. The van der Waals surface area contributed by atoms with Crippen molar-refractivity contribution in [1.82, 2.24) is 10.2 Å². The van der Waals surface area contributed by atoms with E-state index < -0.39 is 10.8 Å². The van der Waals surface area contributed by atoms with Crippen molar-refractivity contribution in [3.05, 3.63) is 75.2 Å². The number of thioether (sulfide) groups is 1. The van der Waals surface area contributed by atoms with E-state index in [2.05, 4.69) is 15.5 Å². The molecule has 8 nitrogen and oxygen atoms in total. The quantitative estimate of drug-likeness (QED) is 0.365. The lowest BCUT2D eigenvalue weighted by molar-refractivity contribution is -0.384. The van der Waals surface area contributed by atoms with Gasteiger partial charge in [-0.05, 0) is 31.0 Å². The zero-order valence-corrected chi connectivity index (χ0v) is 16.2. The zero-order valence-electron chi connectivity index (χ0n) is 15.3. The van der Waals surface area contributed by atoms with Gasteiger partial charge in [-0.3, -0.25) is 14.9 Å². The number of hydrogen-bond donors (Lipinski definition) is 1. The van der Waals surface area contributed by atoms with Crippen molar-refractivity contribution in [3.8, 4) is 0 Å². The van der Waals surface area contributed by atoms with Crippen LogP contribution in [0.15, 0.2) is 52.1 Å². The van der Waals surface area contributed by atoms with Crippen LogP contribution in [0.4, 0.5) is 11.4 Å². The van der Waals surface area contributed by atoms with Gasteiger partial charge in [-0.1, -0.05) is 47.7 Å². The van der Waals surface area contributed by atoms with E-state index in [1.165, 1.54) is 17.7 Å². The highest BCUT2D eigenvalue weighted by molar-refractivity contribution is 7.99. The Morgan fingerprint density at radius 2 is 1.86 bits per heavy atom. The fourth-order valence-corrected chi connectivity index (χ4v) is 3.04. The van der Waals surface area contributed by atoms with Crippen molar-refractivity contribution >= 4 is 29.0 Å². The SMILES string of the molecule is Cc1ccc(Cc2nnc(SCC(=O)Nc3ccc(C)cc3[N+](=O)[O-])o2)cc1. The minimum Gasteiger partial charge on any atom is -0.416 e. The molecule has 1 aromatic heterocycles. The minimum absolute atomic E-state index is 0.00278. The number of carbonyl (C=O) groups is 1. The third-order valence-corrected chi connectivity index (χ3v) is 4.69. The summed E-state index contributed by atoms with van der Waals surface area (Å²) in [6.45, 7) is 3.76. The second-order valence-electron chi connectivity index (χ2n) is 6.24. The molecule has 1 heterocycles. The molecular weight excluding hydrogens is 380 g/mol. The molecule has 0 fully saturated rings. The normalized spacial score (nSPS) is 10.6. The lowest BCUT2D eigenvalue weighted by atomic mass is 10.1. The highest BCUT2D eigenvalue weighted by Crippen LogP contribution is 2.26. The largest absolute Gasteiger partial charge is 0.416 e. The van der Waals surface area contributed by atoms with Crippen LogP contribution < -0.4 is 5.32 Å². The Kier molecular flexibility index (Phi) is 6.05. The molecule has 3 rings (SSSR count). The molecule has 1 amide bonds. The first-order valence-corrected chi connectivity index (χ1v) is 9.45. The van der Waals surface area contributed by atoms with Gasteiger partial charge in [0.05, 0.1) is 17.1 Å². The summed E-state index contributed by atoms with van der Waals surface area (Å²) in [6, 6.07) is 12.6. The Hall–Kier alpha value is -3.20. The Balaban J connectivity index is 1.56. The van der Waals surface area contributed by atoms with Crippen molar-refractivity contribution in [2.75, 3.05) is 11.1 Å². The lowest BCUT2D eigenvalue weighted by Gasteiger charge is -2.05. The number of nitrogens with one attached hydrogen (secondary N) is 1. The van der Waals surface area contributed by atoms with Gasteiger partial charge in [0.25, 0.3) is 10.9 Å². The zero-order chi connectivity index (χ0) is 20.1. The van der Waals surface area contributed by atoms with Crippen LogP contribution in [-0.4, -0.2) is 26.8 Å². The molecule has 0 spiro atoms. The molecule has 0 radical (unpaired) electrons. The van der Waals surface area contributed by atoms with Crippen LogP contribution in [0.5, 0.6) is 0 Å². The van der Waals surface area contributed by atoms with Crippen LogP contribution in [0, 0.1) is 24.0 Å². The van der Waals surface area contributed by atoms with Crippen molar-refractivity contribution < 1.29 is 14.1 Å². The van der Waals surface area contributed by atoms with Crippen LogP contribution in [-0.2, 0) is 11.2 Å². The average molecular weight is 398 g/mol. The van der Waals surface area contributed by atoms with Gasteiger partial charge in [-0.15, -0.1) is 10.2 Å². The summed E-state index contributed by atoms with van der Waals surface area (Å²) in [5.41, 5.74) is 2.98. The Labute approximate surface area is 165 Å². The summed E-state index contributed by atoms with van der Waals surface area (Å²) in [5, 5.41) is 21.9. The number of benzene rings is 2. The number of rotatable bonds is 7. The van der Waals surface area contributed by atoms with Gasteiger partial charge < -0.3 is 9.73 Å². The van der Waals surface area contributed by atoms with Crippen molar-refractivity contribution in [2.24, 2.45) is 0 Å². The molecule has 0 saturated heterocycles. The Morgan fingerprint density at radius 3 is 2.57 bits per heavy atom. The smallest absolute Gasteiger partial charge is 0.293 e. The van der Waals surface area contributed by atoms with E-state index in [4.69, 9.17) is 4.42 Å². The second kappa shape index (κ2) is 8.66. The summed E-state index contributed by atoms with van der Waals surface area (Å²) >= 11 is 1.08. The van der Waals surface area contributed by atoms with Gasteiger partial charge in [-0.25, -0.2) is 0 Å². The molecular formula is C19H18N4O4S. The molecule has 0 saturated carbocycles. The number of hydrogen-bond acceptors (Lipinski definition) is 7. The van der Waals surface area contributed by atoms with E-state index in [0.717, 1.165) is 22.9 Å². The topological polar surface area (TPSA) is 111 Å².